The Balaban J connectivity index is 1.72. The van der Waals surface area contributed by atoms with E-state index >= 15 is 0 Å². The van der Waals surface area contributed by atoms with Gasteiger partial charge in [0.1, 0.15) is 17.2 Å². The predicted octanol–water partition coefficient (Wildman–Crippen LogP) is 5.05. The number of aryl methyl sites for hydroxylation is 1. The van der Waals surface area contributed by atoms with Gasteiger partial charge in [0.25, 0.3) is 10.0 Å². The van der Waals surface area contributed by atoms with Gasteiger partial charge in [0.15, 0.2) is 0 Å². The maximum Gasteiger partial charge on any atom is 0.264 e. The van der Waals surface area contributed by atoms with E-state index < -0.39 is 10.0 Å². The Bertz CT molecular complexity index is 1250. The summed E-state index contributed by atoms with van der Waals surface area (Å²) in [4.78, 5) is 4.81. The number of ether oxygens (including phenoxy) is 1. The molecule has 1 aromatic heterocycles. The molecule has 1 heterocycles. The first-order chi connectivity index (χ1) is 15.0. The van der Waals surface area contributed by atoms with Gasteiger partial charge in [0, 0.05) is 5.56 Å². The first kappa shape index (κ1) is 20.7. The van der Waals surface area contributed by atoms with Gasteiger partial charge in [-0.15, -0.1) is 0 Å². The van der Waals surface area contributed by atoms with Crippen LogP contribution in [0.5, 0.6) is 5.75 Å². The highest BCUT2D eigenvalue weighted by Gasteiger charge is 2.27. The maximum atomic E-state index is 13.4. The Morgan fingerprint density at radius 2 is 1.52 bits per heavy atom. The third-order valence-corrected chi connectivity index (χ3v) is 6.69. The van der Waals surface area contributed by atoms with Crippen molar-refractivity contribution in [1.82, 2.24) is 4.98 Å². The van der Waals surface area contributed by atoms with Crippen molar-refractivity contribution in [3.63, 3.8) is 0 Å². The van der Waals surface area contributed by atoms with Crippen LogP contribution in [-0.4, -0.2) is 20.5 Å². The highest BCUT2D eigenvalue weighted by atomic mass is 32.2. The molecule has 0 unspecified atom stereocenters. The molecule has 0 spiro atoms. The van der Waals surface area contributed by atoms with Gasteiger partial charge < -0.3 is 9.15 Å². The molecule has 0 fully saturated rings. The fourth-order valence-electron chi connectivity index (χ4n) is 3.20. The number of sulfonamides is 1. The molecule has 0 aliphatic carbocycles. The van der Waals surface area contributed by atoms with Gasteiger partial charge in [-0.1, -0.05) is 36.4 Å². The van der Waals surface area contributed by atoms with E-state index in [2.05, 4.69) is 4.98 Å². The fraction of sp³-hybridized carbons (Fsp3) is 0.125. The van der Waals surface area contributed by atoms with Crippen LogP contribution >= 0.6 is 0 Å². The normalized spacial score (nSPS) is 11.3. The topological polar surface area (TPSA) is 72.6 Å². The summed E-state index contributed by atoms with van der Waals surface area (Å²) in [6, 6.07) is 24.7. The lowest BCUT2D eigenvalue weighted by Crippen LogP contribution is -2.31. The Labute approximate surface area is 181 Å². The zero-order chi connectivity index (χ0) is 21.8. The summed E-state index contributed by atoms with van der Waals surface area (Å²) in [6.45, 7) is 1.83. The van der Waals surface area contributed by atoms with Crippen LogP contribution in [0.4, 0.5) is 5.69 Å². The summed E-state index contributed by atoms with van der Waals surface area (Å²) in [5.41, 5.74) is 1.89. The Hall–Kier alpha value is -3.58. The third kappa shape index (κ3) is 4.32. The molecule has 3 aromatic carbocycles. The second kappa shape index (κ2) is 8.65. The molecular formula is C24H22N2O4S. The SMILES string of the molecule is COc1ccc(-c2nc(CN(c3ccccc3)S(=O)(=O)c3ccccc3)c(C)o2)cc1. The third-order valence-electron chi connectivity index (χ3n) is 4.90. The van der Waals surface area contributed by atoms with Crippen LogP contribution in [0.1, 0.15) is 11.5 Å². The fourth-order valence-corrected chi connectivity index (χ4v) is 4.64. The molecule has 0 radical (unpaired) electrons. The van der Waals surface area contributed by atoms with Crippen LogP contribution < -0.4 is 9.04 Å². The van der Waals surface area contributed by atoms with Crippen molar-refractivity contribution < 1.29 is 17.6 Å². The summed E-state index contributed by atoms with van der Waals surface area (Å²) < 4.78 is 39.3. The molecule has 0 saturated heterocycles. The monoisotopic (exact) mass is 434 g/mol. The standard InChI is InChI=1S/C24H22N2O4S/c1-18-23(25-24(30-18)19-13-15-21(29-2)16-14-19)17-26(20-9-5-3-6-10-20)31(27,28)22-11-7-4-8-12-22/h3-16H,17H2,1-2H3. The van der Waals surface area contributed by atoms with Gasteiger partial charge in [0.05, 0.1) is 24.2 Å². The number of hydrogen-bond donors (Lipinski definition) is 0. The quantitative estimate of drug-likeness (QED) is 0.407. The van der Waals surface area contributed by atoms with Crippen LogP contribution in [0, 0.1) is 6.92 Å². The average molecular weight is 435 g/mol. The van der Waals surface area contributed by atoms with Crippen molar-refractivity contribution >= 4 is 15.7 Å². The van der Waals surface area contributed by atoms with Gasteiger partial charge in [-0.05, 0) is 55.5 Å². The number of aromatic nitrogens is 1. The number of rotatable bonds is 7. The number of methoxy groups -OCH3 is 1. The van der Waals surface area contributed by atoms with E-state index in [1.807, 2.05) is 30.3 Å². The lowest BCUT2D eigenvalue weighted by Gasteiger charge is -2.24. The molecule has 0 aliphatic rings. The first-order valence-electron chi connectivity index (χ1n) is 9.72. The molecule has 158 valence electrons. The number of hydrogen-bond acceptors (Lipinski definition) is 5. The molecule has 7 heteroatoms. The summed E-state index contributed by atoms with van der Waals surface area (Å²) in [5.74, 6) is 1.73. The predicted molar refractivity (Wildman–Crippen MR) is 119 cm³/mol. The van der Waals surface area contributed by atoms with Crippen LogP contribution in [-0.2, 0) is 16.6 Å². The van der Waals surface area contributed by atoms with E-state index in [0.717, 1.165) is 11.3 Å². The molecule has 4 aromatic rings. The van der Waals surface area contributed by atoms with E-state index in [1.54, 1.807) is 68.6 Å². The molecule has 0 atom stereocenters. The van der Waals surface area contributed by atoms with E-state index in [4.69, 9.17) is 9.15 Å². The highest BCUT2D eigenvalue weighted by molar-refractivity contribution is 7.92. The van der Waals surface area contributed by atoms with Crippen molar-refractivity contribution in [2.24, 2.45) is 0 Å². The number of oxazole rings is 1. The molecule has 31 heavy (non-hydrogen) atoms. The molecule has 0 amide bonds. The number of benzene rings is 3. The Kier molecular flexibility index (Phi) is 5.77. The minimum Gasteiger partial charge on any atom is -0.497 e. The van der Waals surface area contributed by atoms with E-state index in [9.17, 15) is 8.42 Å². The lowest BCUT2D eigenvalue weighted by atomic mass is 10.2. The minimum absolute atomic E-state index is 0.0483. The van der Waals surface area contributed by atoms with Crippen molar-refractivity contribution in [2.75, 3.05) is 11.4 Å². The molecule has 0 bridgehead atoms. The molecule has 0 saturated carbocycles. The highest BCUT2D eigenvalue weighted by Crippen LogP contribution is 2.29. The van der Waals surface area contributed by atoms with Crippen LogP contribution in [0.25, 0.3) is 11.5 Å². The maximum absolute atomic E-state index is 13.4. The zero-order valence-corrected chi connectivity index (χ0v) is 18.0. The smallest absolute Gasteiger partial charge is 0.264 e. The summed E-state index contributed by atoms with van der Waals surface area (Å²) in [5, 5.41) is 0. The van der Waals surface area contributed by atoms with Crippen molar-refractivity contribution in [2.45, 2.75) is 18.4 Å². The van der Waals surface area contributed by atoms with Crippen LogP contribution in [0.15, 0.2) is 94.2 Å². The molecule has 0 aliphatic heterocycles. The Morgan fingerprint density at radius 1 is 0.903 bits per heavy atom. The van der Waals surface area contributed by atoms with E-state index in [0.29, 0.717) is 23.0 Å². The minimum atomic E-state index is -3.80. The van der Waals surface area contributed by atoms with Gasteiger partial charge in [-0.25, -0.2) is 13.4 Å². The van der Waals surface area contributed by atoms with Gasteiger partial charge in [0.2, 0.25) is 5.89 Å². The van der Waals surface area contributed by atoms with E-state index in [1.165, 1.54) is 4.31 Å². The van der Waals surface area contributed by atoms with E-state index in [-0.39, 0.29) is 11.4 Å². The van der Waals surface area contributed by atoms with Crippen LogP contribution in [0.3, 0.4) is 0 Å². The van der Waals surface area contributed by atoms with Crippen LogP contribution in [0.2, 0.25) is 0 Å². The molecule has 4 rings (SSSR count). The average Bonchev–Trinajstić information content (AvgIpc) is 3.18. The first-order valence-corrected chi connectivity index (χ1v) is 11.2. The Morgan fingerprint density at radius 3 is 2.13 bits per heavy atom. The zero-order valence-electron chi connectivity index (χ0n) is 17.2. The summed E-state index contributed by atoms with van der Waals surface area (Å²) in [7, 11) is -2.19. The molecular weight excluding hydrogens is 412 g/mol. The number of nitrogens with zero attached hydrogens (tertiary/aromatic N) is 2. The second-order valence-corrected chi connectivity index (χ2v) is 8.77. The molecule has 0 N–H and O–H groups in total. The summed E-state index contributed by atoms with van der Waals surface area (Å²) in [6.07, 6.45) is 0. The van der Waals surface area contributed by atoms with Gasteiger partial charge in [-0.3, -0.25) is 4.31 Å². The largest absolute Gasteiger partial charge is 0.497 e. The van der Waals surface area contributed by atoms with Crippen molar-refractivity contribution in [3.8, 4) is 17.2 Å². The summed E-state index contributed by atoms with van der Waals surface area (Å²) >= 11 is 0. The second-order valence-electron chi connectivity index (χ2n) is 6.91. The van der Waals surface area contributed by atoms with Gasteiger partial charge in [-0.2, -0.15) is 0 Å². The number of anilines is 1. The molecule has 6 nitrogen and oxygen atoms in total. The number of para-hydroxylation sites is 1. The van der Waals surface area contributed by atoms with Gasteiger partial charge >= 0.3 is 0 Å². The van der Waals surface area contributed by atoms with Crippen molar-refractivity contribution in [3.05, 3.63) is 96.4 Å². The van der Waals surface area contributed by atoms with Crippen molar-refractivity contribution in [1.29, 1.82) is 0 Å². The lowest BCUT2D eigenvalue weighted by molar-refractivity contribution is 0.415.